The molecule has 3 heterocycles. The number of carbonyl (C=O) groups is 1. The van der Waals surface area contributed by atoms with E-state index in [4.69, 9.17) is 12.3 Å². The van der Waals surface area contributed by atoms with Crippen LogP contribution in [-0.2, 0) is 0 Å². The van der Waals surface area contributed by atoms with E-state index in [0.717, 1.165) is 16.9 Å². The zero-order valence-electron chi connectivity index (χ0n) is 28.5. The average molecular weight is 485 g/mol. The van der Waals surface area contributed by atoms with Gasteiger partial charge in [0, 0.05) is 52.9 Å². The van der Waals surface area contributed by atoms with Gasteiger partial charge in [0.15, 0.2) is 0 Å². The fourth-order valence-electron chi connectivity index (χ4n) is 3.37. The van der Waals surface area contributed by atoms with Crippen LogP contribution in [0.2, 0.25) is 0 Å². The van der Waals surface area contributed by atoms with Gasteiger partial charge in [0.05, 0.1) is 30.1 Å². The van der Waals surface area contributed by atoms with E-state index >= 15 is 0 Å². The Morgan fingerprint density at radius 3 is 2.75 bits per heavy atom. The molecule has 0 fully saturated rings. The summed E-state index contributed by atoms with van der Waals surface area (Å²) < 4.78 is 76.0. The minimum atomic E-state index is -0.813. The molecule has 0 saturated heterocycles. The molecule has 2 N–H and O–H groups in total. The monoisotopic (exact) mass is 484 g/mol. The number of hydrogen-bond acceptors (Lipinski definition) is 6. The minimum absolute atomic E-state index is 0.109. The fraction of sp³-hybridized carbons (Fsp3) is 0.107. The summed E-state index contributed by atoms with van der Waals surface area (Å²) in [6.45, 7) is 5.15. The lowest BCUT2D eigenvalue weighted by Gasteiger charge is -2.13. The summed E-state index contributed by atoms with van der Waals surface area (Å²) in [5.41, 5.74) is 1.61. The van der Waals surface area contributed by atoms with Crippen molar-refractivity contribution in [1.29, 1.82) is 0 Å². The predicted octanol–water partition coefficient (Wildman–Crippen LogP) is 5.65. The van der Waals surface area contributed by atoms with Crippen LogP contribution < -0.4 is 10.6 Å². The lowest BCUT2D eigenvalue weighted by molar-refractivity contribution is 0.102. The molecule has 8 nitrogen and oxygen atoms in total. The molecule has 0 spiro atoms. The molecule has 0 aliphatic carbocycles. The van der Waals surface area contributed by atoms with Gasteiger partial charge in [-0.2, -0.15) is 0 Å². The van der Waals surface area contributed by atoms with Gasteiger partial charge >= 0.3 is 0 Å². The van der Waals surface area contributed by atoms with Crippen molar-refractivity contribution in [1.82, 2.24) is 24.5 Å². The Balaban J connectivity index is 1.55. The third kappa shape index (κ3) is 5.12. The molecule has 8 heteroatoms. The number of rotatable bonds is 6. The standard InChI is InChI=1S/C28H25N7O/c1-18-11-23(14-24(12-18)35-16-20(3)31-17-35)32-27(36)21-7-6-19(2)26(13-21)34-28-30-10-8-25(33-28)22-5-4-9-29-15-22/h4-17H,1-3H3,(H,32,36)(H,30,33,34)/i4D,5D,6D,7D,8D,9D,10D,13D,15D. The van der Waals surface area contributed by atoms with E-state index in [2.05, 4.69) is 30.6 Å². The van der Waals surface area contributed by atoms with Gasteiger partial charge < -0.3 is 15.2 Å². The maximum Gasteiger partial charge on any atom is 0.255 e. The number of hydrogen-bond donors (Lipinski definition) is 2. The summed E-state index contributed by atoms with van der Waals surface area (Å²) in [6.07, 6.45) is 1.65. The Kier molecular flexibility index (Phi) is 3.95. The van der Waals surface area contributed by atoms with Gasteiger partial charge in [-0.3, -0.25) is 9.78 Å². The maximum atomic E-state index is 13.5. The van der Waals surface area contributed by atoms with E-state index in [0.29, 0.717) is 5.69 Å². The average Bonchev–Trinajstić information content (AvgIpc) is 3.41. The summed E-state index contributed by atoms with van der Waals surface area (Å²) in [4.78, 5) is 29.4. The maximum absolute atomic E-state index is 13.5. The van der Waals surface area contributed by atoms with Crippen LogP contribution in [0.4, 0.5) is 17.3 Å². The van der Waals surface area contributed by atoms with E-state index < -0.39 is 60.2 Å². The highest BCUT2D eigenvalue weighted by atomic mass is 16.1. The Bertz CT molecular complexity index is 2030. The molecule has 2 aromatic carbocycles. The van der Waals surface area contributed by atoms with Crippen molar-refractivity contribution >= 4 is 23.2 Å². The quantitative estimate of drug-likeness (QED) is 0.323. The molecular formula is C28H25N7O. The molecule has 1 amide bonds. The first-order chi connectivity index (χ1) is 21.2. The first-order valence-electron chi connectivity index (χ1n) is 15.3. The van der Waals surface area contributed by atoms with Crippen molar-refractivity contribution in [2.75, 3.05) is 10.6 Å². The largest absolute Gasteiger partial charge is 0.324 e. The molecule has 0 atom stereocenters. The second-order valence-corrected chi connectivity index (χ2v) is 7.90. The van der Waals surface area contributed by atoms with Crippen LogP contribution in [0.25, 0.3) is 16.9 Å². The molecule has 0 saturated carbocycles. The van der Waals surface area contributed by atoms with Gasteiger partial charge in [0.25, 0.3) is 5.91 Å². The van der Waals surface area contributed by atoms with Crippen LogP contribution >= 0.6 is 0 Å². The number of anilines is 3. The fourth-order valence-corrected chi connectivity index (χ4v) is 3.37. The van der Waals surface area contributed by atoms with Crippen LogP contribution in [0.1, 0.15) is 39.5 Å². The molecule has 5 rings (SSSR count). The normalized spacial score (nSPS) is 14.2. The number of benzene rings is 2. The number of amides is 1. The van der Waals surface area contributed by atoms with Crippen LogP contribution in [0.15, 0.2) is 85.5 Å². The highest BCUT2D eigenvalue weighted by Crippen LogP contribution is 2.24. The molecule has 0 radical (unpaired) electrons. The zero-order chi connectivity index (χ0) is 32.9. The van der Waals surface area contributed by atoms with E-state index in [-0.39, 0.29) is 34.5 Å². The van der Waals surface area contributed by atoms with Gasteiger partial charge in [0.1, 0.15) is 0 Å². The van der Waals surface area contributed by atoms with Crippen molar-refractivity contribution < 1.29 is 17.1 Å². The smallest absolute Gasteiger partial charge is 0.255 e. The predicted molar refractivity (Wildman–Crippen MR) is 141 cm³/mol. The molecule has 178 valence electrons. The topological polar surface area (TPSA) is 97.6 Å². The second kappa shape index (κ2) is 9.79. The molecule has 0 aliphatic heterocycles. The SMILES string of the molecule is [2H]c1nc(Nc2c([2H])c(C(=O)Nc3cc(C)cc(-n4cnc(C)c4)c3)c([2H])c([2H])c2C)nc(-c2c([2H])nc([2H])c([2H])c2[2H])c1[2H]. The molecule has 5 aromatic rings. The molecular weight excluding hydrogens is 450 g/mol. The van der Waals surface area contributed by atoms with E-state index in [1.54, 1.807) is 23.0 Å². The van der Waals surface area contributed by atoms with Crippen molar-refractivity contribution in [3.8, 4) is 16.9 Å². The van der Waals surface area contributed by atoms with Gasteiger partial charge in [-0.15, -0.1) is 0 Å². The lowest BCUT2D eigenvalue weighted by atomic mass is 10.1. The summed E-state index contributed by atoms with van der Waals surface area (Å²) >= 11 is 0. The van der Waals surface area contributed by atoms with Crippen LogP contribution in [0, 0.1) is 20.8 Å². The first kappa shape index (κ1) is 14.5. The Morgan fingerprint density at radius 1 is 1.03 bits per heavy atom. The van der Waals surface area contributed by atoms with Crippen LogP contribution in [0.5, 0.6) is 0 Å². The van der Waals surface area contributed by atoms with Gasteiger partial charge in [-0.1, -0.05) is 6.04 Å². The van der Waals surface area contributed by atoms with Crippen molar-refractivity contribution in [2.45, 2.75) is 20.8 Å². The number of imidazole rings is 1. The molecule has 0 unspecified atom stereocenters. The van der Waals surface area contributed by atoms with Crippen LogP contribution in [0.3, 0.4) is 0 Å². The van der Waals surface area contributed by atoms with Crippen molar-refractivity contribution in [3.05, 3.63) is 108 Å². The first-order valence-corrected chi connectivity index (χ1v) is 10.8. The number of aromatic nitrogens is 5. The van der Waals surface area contributed by atoms with Crippen LogP contribution in [-0.4, -0.2) is 30.4 Å². The Morgan fingerprint density at radius 2 is 1.92 bits per heavy atom. The summed E-state index contributed by atoms with van der Waals surface area (Å²) in [5, 5.41) is 5.43. The minimum Gasteiger partial charge on any atom is -0.324 e. The number of nitrogens with zero attached hydrogens (tertiary/aromatic N) is 5. The lowest BCUT2D eigenvalue weighted by Crippen LogP contribution is -2.13. The van der Waals surface area contributed by atoms with E-state index in [1.165, 1.54) is 6.92 Å². The van der Waals surface area contributed by atoms with Crippen molar-refractivity contribution in [2.24, 2.45) is 0 Å². The van der Waals surface area contributed by atoms with Crippen molar-refractivity contribution in [3.63, 3.8) is 0 Å². The highest BCUT2D eigenvalue weighted by molar-refractivity contribution is 6.05. The Hall–Kier alpha value is -4.85. The van der Waals surface area contributed by atoms with Gasteiger partial charge in [-0.25, -0.2) is 15.0 Å². The number of pyridine rings is 1. The third-order valence-corrected chi connectivity index (χ3v) is 5.05. The van der Waals surface area contributed by atoms with Gasteiger partial charge in [0.2, 0.25) is 5.95 Å². The summed E-state index contributed by atoms with van der Waals surface area (Å²) in [7, 11) is 0. The van der Waals surface area contributed by atoms with E-state index in [9.17, 15) is 4.79 Å². The zero-order valence-corrected chi connectivity index (χ0v) is 19.5. The summed E-state index contributed by atoms with van der Waals surface area (Å²) in [6, 6.07) is 2.29. The highest BCUT2D eigenvalue weighted by Gasteiger charge is 2.12. The summed E-state index contributed by atoms with van der Waals surface area (Å²) in [5.74, 6) is -1.17. The number of nitrogens with one attached hydrogen (secondary N) is 2. The number of aryl methyl sites for hydroxylation is 2. The second-order valence-electron chi connectivity index (χ2n) is 7.90. The van der Waals surface area contributed by atoms with E-state index in [1.807, 2.05) is 26.1 Å². The third-order valence-electron chi connectivity index (χ3n) is 5.05. The number of carbonyl (C=O) groups excluding carboxylic acids is 1. The molecule has 0 bridgehead atoms. The Labute approximate surface area is 221 Å². The molecule has 36 heavy (non-hydrogen) atoms. The molecule has 3 aromatic heterocycles. The molecule has 0 aliphatic rings. The van der Waals surface area contributed by atoms with Gasteiger partial charge in [-0.05, 0) is 80.3 Å².